The van der Waals surface area contributed by atoms with Gasteiger partial charge < -0.3 is 10.1 Å². The molecule has 0 amide bonds. The molecule has 0 aromatic heterocycles. The van der Waals surface area contributed by atoms with E-state index >= 15 is 0 Å². The Labute approximate surface area is 118 Å². The van der Waals surface area contributed by atoms with Crippen molar-refractivity contribution in [1.82, 2.24) is 5.32 Å². The minimum Gasteiger partial charge on any atom is -0.372 e. The summed E-state index contributed by atoms with van der Waals surface area (Å²) in [6.45, 7) is 3.76. The number of nitrogens with one attached hydrogen (secondary N) is 1. The summed E-state index contributed by atoms with van der Waals surface area (Å²) in [5.74, 6) is 0.159. The third kappa shape index (κ3) is 7.50. The number of hydrogen-bond donors (Lipinski definition) is 1. The van der Waals surface area contributed by atoms with Crippen molar-refractivity contribution < 1.29 is 17.9 Å². The van der Waals surface area contributed by atoms with Gasteiger partial charge in [-0.05, 0) is 17.9 Å². The Morgan fingerprint density at radius 1 is 1.15 bits per heavy atom. The molecule has 0 spiro atoms. The predicted molar refractivity (Wildman–Crippen MR) is 73.8 cm³/mol. The zero-order valence-electron chi connectivity index (χ0n) is 11.9. The fourth-order valence-corrected chi connectivity index (χ4v) is 1.90. The Morgan fingerprint density at radius 3 is 2.35 bits per heavy atom. The van der Waals surface area contributed by atoms with Crippen LogP contribution in [0, 0.1) is 0 Å². The van der Waals surface area contributed by atoms with E-state index in [0.29, 0.717) is 12.5 Å². The van der Waals surface area contributed by atoms with Gasteiger partial charge in [0.25, 0.3) is 0 Å². The van der Waals surface area contributed by atoms with Crippen molar-refractivity contribution >= 4 is 0 Å². The van der Waals surface area contributed by atoms with Crippen molar-refractivity contribution in [3.63, 3.8) is 0 Å². The molecule has 0 bridgehead atoms. The normalized spacial score (nSPS) is 13.7. The van der Waals surface area contributed by atoms with Gasteiger partial charge >= 0.3 is 6.18 Å². The van der Waals surface area contributed by atoms with Crippen LogP contribution in [0.25, 0.3) is 0 Å². The first-order valence-electron chi connectivity index (χ1n) is 6.81. The second kappa shape index (κ2) is 8.27. The Bertz CT molecular complexity index is 365. The fourth-order valence-electron chi connectivity index (χ4n) is 1.90. The van der Waals surface area contributed by atoms with Gasteiger partial charge in [-0.1, -0.05) is 44.2 Å². The van der Waals surface area contributed by atoms with Gasteiger partial charge in [0.05, 0.1) is 0 Å². The molecule has 20 heavy (non-hydrogen) atoms. The summed E-state index contributed by atoms with van der Waals surface area (Å²) in [5, 5.41) is 3.32. The predicted octanol–water partition coefficient (Wildman–Crippen LogP) is 3.74. The summed E-state index contributed by atoms with van der Waals surface area (Å²) >= 11 is 0. The van der Waals surface area contributed by atoms with Crippen molar-refractivity contribution in [2.24, 2.45) is 0 Å². The van der Waals surface area contributed by atoms with Crippen molar-refractivity contribution in [2.75, 3.05) is 19.8 Å². The number of rotatable bonds is 8. The minimum atomic E-state index is -4.25. The largest absolute Gasteiger partial charge is 0.411 e. The van der Waals surface area contributed by atoms with Crippen molar-refractivity contribution in [2.45, 2.75) is 38.4 Å². The first-order chi connectivity index (χ1) is 9.38. The number of benzene rings is 1. The van der Waals surface area contributed by atoms with Crippen molar-refractivity contribution in [3.8, 4) is 0 Å². The Hall–Kier alpha value is -1.07. The average Bonchev–Trinajstić information content (AvgIpc) is 2.37. The molecule has 0 aliphatic carbocycles. The second-order valence-corrected chi connectivity index (χ2v) is 5.13. The van der Waals surface area contributed by atoms with E-state index < -0.39 is 12.8 Å². The van der Waals surface area contributed by atoms with E-state index in [1.165, 1.54) is 0 Å². The molecule has 0 saturated carbocycles. The Kier molecular flexibility index (Phi) is 7.02. The molecule has 0 radical (unpaired) electrons. The van der Waals surface area contributed by atoms with Gasteiger partial charge in [0, 0.05) is 19.2 Å². The van der Waals surface area contributed by atoms with Crippen LogP contribution in [0.2, 0.25) is 0 Å². The quantitative estimate of drug-likeness (QED) is 0.736. The van der Waals surface area contributed by atoms with Crippen LogP contribution in [0.15, 0.2) is 30.3 Å². The van der Waals surface area contributed by atoms with Crippen LogP contribution in [0.4, 0.5) is 13.2 Å². The van der Waals surface area contributed by atoms with Gasteiger partial charge in [0.2, 0.25) is 0 Å². The fraction of sp³-hybridized carbons (Fsp3) is 0.600. The second-order valence-electron chi connectivity index (χ2n) is 5.13. The molecule has 2 nitrogen and oxygen atoms in total. The maximum Gasteiger partial charge on any atom is 0.411 e. The zero-order valence-corrected chi connectivity index (χ0v) is 11.9. The molecule has 1 unspecified atom stereocenters. The molecule has 0 fully saturated rings. The highest BCUT2D eigenvalue weighted by Gasteiger charge is 2.27. The van der Waals surface area contributed by atoms with E-state index in [1.807, 2.05) is 44.2 Å². The topological polar surface area (TPSA) is 21.3 Å². The van der Waals surface area contributed by atoms with Crippen LogP contribution >= 0.6 is 0 Å². The molecule has 0 heterocycles. The standard InChI is InChI=1S/C15H22F3NO/c1-12(2)19-10-14(13-6-4-3-5-7-13)8-9-20-11-15(16,17)18/h3-7,12,14,19H,8-11H2,1-2H3. The van der Waals surface area contributed by atoms with Gasteiger partial charge in [-0.25, -0.2) is 0 Å². The summed E-state index contributed by atoms with van der Waals surface area (Å²) in [6, 6.07) is 10.1. The summed E-state index contributed by atoms with van der Waals surface area (Å²) in [4.78, 5) is 0. The van der Waals surface area contributed by atoms with E-state index in [2.05, 4.69) is 5.32 Å². The summed E-state index contributed by atoms with van der Waals surface area (Å²) in [6.07, 6.45) is -3.68. The van der Waals surface area contributed by atoms with Gasteiger partial charge in [-0.3, -0.25) is 0 Å². The van der Waals surface area contributed by atoms with E-state index in [0.717, 1.165) is 12.1 Å². The van der Waals surface area contributed by atoms with Crippen LogP contribution < -0.4 is 5.32 Å². The molecule has 0 saturated heterocycles. The lowest BCUT2D eigenvalue weighted by atomic mass is 9.96. The molecule has 1 aromatic rings. The molecule has 0 aliphatic heterocycles. The van der Waals surface area contributed by atoms with E-state index in [1.54, 1.807) is 0 Å². The first kappa shape index (κ1) is 17.0. The van der Waals surface area contributed by atoms with E-state index in [9.17, 15) is 13.2 Å². The highest BCUT2D eigenvalue weighted by Crippen LogP contribution is 2.20. The van der Waals surface area contributed by atoms with Gasteiger partial charge in [-0.15, -0.1) is 0 Å². The molecule has 1 aromatic carbocycles. The van der Waals surface area contributed by atoms with Gasteiger partial charge in [0.1, 0.15) is 6.61 Å². The summed E-state index contributed by atoms with van der Waals surface area (Å²) < 4.78 is 40.8. The molecular formula is C15H22F3NO. The lowest BCUT2D eigenvalue weighted by molar-refractivity contribution is -0.174. The van der Waals surface area contributed by atoms with Gasteiger partial charge in [-0.2, -0.15) is 13.2 Å². The third-order valence-electron chi connectivity index (χ3n) is 2.92. The SMILES string of the molecule is CC(C)NCC(CCOCC(F)(F)F)c1ccccc1. The van der Waals surface area contributed by atoms with Crippen LogP contribution in [0.1, 0.15) is 31.7 Å². The molecular weight excluding hydrogens is 267 g/mol. The highest BCUT2D eigenvalue weighted by atomic mass is 19.4. The average molecular weight is 289 g/mol. The monoisotopic (exact) mass is 289 g/mol. The number of halogens is 3. The molecule has 114 valence electrons. The molecule has 1 atom stereocenters. The molecule has 5 heteroatoms. The van der Waals surface area contributed by atoms with E-state index in [4.69, 9.17) is 4.74 Å². The maximum atomic E-state index is 12.0. The Morgan fingerprint density at radius 2 is 1.80 bits per heavy atom. The number of ether oxygens (including phenoxy) is 1. The molecule has 1 rings (SSSR count). The van der Waals surface area contributed by atoms with Crippen LogP contribution in [0.3, 0.4) is 0 Å². The van der Waals surface area contributed by atoms with Crippen molar-refractivity contribution in [1.29, 1.82) is 0 Å². The highest BCUT2D eigenvalue weighted by molar-refractivity contribution is 5.19. The Balaban J connectivity index is 2.47. The van der Waals surface area contributed by atoms with Crippen LogP contribution in [0.5, 0.6) is 0 Å². The van der Waals surface area contributed by atoms with Crippen molar-refractivity contribution in [3.05, 3.63) is 35.9 Å². The summed E-state index contributed by atoms with van der Waals surface area (Å²) in [7, 11) is 0. The molecule has 0 aliphatic rings. The number of hydrogen-bond acceptors (Lipinski definition) is 2. The lowest BCUT2D eigenvalue weighted by Gasteiger charge is -2.20. The smallest absolute Gasteiger partial charge is 0.372 e. The number of alkyl halides is 3. The lowest BCUT2D eigenvalue weighted by Crippen LogP contribution is -2.29. The molecule has 1 N–H and O–H groups in total. The van der Waals surface area contributed by atoms with Crippen LogP contribution in [-0.4, -0.2) is 32.0 Å². The van der Waals surface area contributed by atoms with E-state index in [-0.39, 0.29) is 12.5 Å². The minimum absolute atomic E-state index is 0.110. The van der Waals surface area contributed by atoms with Crippen LogP contribution in [-0.2, 0) is 4.74 Å². The third-order valence-corrected chi connectivity index (χ3v) is 2.92. The van der Waals surface area contributed by atoms with Gasteiger partial charge in [0.15, 0.2) is 0 Å². The summed E-state index contributed by atoms with van der Waals surface area (Å²) in [5.41, 5.74) is 1.12. The first-order valence-corrected chi connectivity index (χ1v) is 6.81. The zero-order chi connectivity index (χ0) is 15.0. The maximum absolute atomic E-state index is 12.0.